The molecule has 0 saturated heterocycles. The third-order valence-electron chi connectivity index (χ3n) is 5.55. The van der Waals surface area contributed by atoms with Crippen molar-refractivity contribution in [2.24, 2.45) is 0 Å². The number of aliphatic hydroxyl groups excluding tert-OH is 1. The van der Waals surface area contributed by atoms with Crippen LogP contribution in [0.4, 0.5) is 11.8 Å². The van der Waals surface area contributed by atoms with Crippen molar-refractivity contribution >= 4 is 22.9 Å². The number of phenols is 1. The quantitative estimate of drug-likeness (QED) is 0.365. The number of hydrogen-bond donors (Lipinski definition) is 4. The largest absolute Gasteiger partial charge is 0.504 e. The number of methoxy groups -OCH3 is 1. The summed E-state index contributed by atoms with van der Waals surface area (Å²) < 4.78 is 7.28. The van der Waals surface area contributed by atoms with Gasteiger partial charge in [-0.25, -0.2) is 4.98 Å². The fourth-order valence-corrected chi connectivity index (χ4v) is 3.57. The molecule has 31 heavy (non-hydrogen) atoms. The summed E-state index contributed by atoms with van der Waals surface area (Å²) in [5.74, 6) is 1.50. The Morgan fingerprint density at radius 1 is 1.13 bits per heavy atom. The topological polar surface area (TPSA) is 117 Å². The number of aromatic nitrogens is 4. The molecule has 0 aliphatic heterocycles. The van der Waals surface area contributed by atoms with Crippen LogP contribution in [0.1, 0.15) is 51.6 Å². The number of rotatable bonds is 11. The van der Waals surface area contributed by atoms with Crippen LogP contribution in [0.5, 0.6) is 11.5 Å². The van der Waals surface area contributed by atoms with E-state index in [0.29, 0.717) is 35.1 Å². The number of nitrogens with zero attached hydrogens (tertiary/aromatic N) is 4. The van der Waals surface area contributed by atoms with Crippen LogP contribution in [0.2, 0.25) is 0 Å². The standard InChI is InChI=1S/C22H32N6O3/c1-5-15(12-29)25-22-26-20(23-11-14-9-8-10-17(31-4)19(14)30)18-21(27-22)28(13-24-18)16(6-2)7-3/h8-10,13,15-16,29-30H,5-7,11-12H2,1-4H3,(H2,23,25,26,27). The van der Waals surface area contributed by atoms with Crippen LogP contribution in [0, 0.1) is 0 Å². The van der Waals surface area contributed by atoms with Gasteiger partial charge in [-0.05, 0) is 25.3 Å². The van der Waals surface area contributed by atoms with Crippen LogP contribution >= 0.6 is 0 Å². The van der Waals surface area contributed by atoms with E-state index in [1.165, 1.54) is 7.11 Å². The van der Waals surface area contributed by atoms with Crippen LogP contribution in [-0.4, -0.2) is 49.5 Å². The molecule has 1 atom stereocenters. The molecule has 3 aromatic rings. The maximum Gasteiger partial charge on any atom is 0.227 e. The van der Waals surface area contributed by atoms with Gasteiger partial charge in [-0.3, -0.25) is 0 Å². The minimum absolute atomic E-state index is 0.00977. The fourth-order valence-electron chi connectivity index (χ4n) is 3.57. The number of phenolic OH excluding ortho intramolecular Hbond substituents is 1. The molecule has 9 nitrogen and oxygen atoms in total. The lowest BCUT2D eigenvalue weighted by Gasteiger charge is -2.18. The zero-order valence-corrected chi connectivity index (χ0v) is 18.6. The summed E-state index contributed by atoms with van der Waals surface area (Å²) in [5, 5.41) is 26.5. The molecule has 0 bridgehead atoms. The average Bonchev–Trinajstić information content (AvgIpc) is 3.21. The van der Waals surface area contributed by atoms with Crippen molar-refractivity contribution in [2.75, 3.05) is 24.4 Å². The Hall–Kier alpha value is -3.07. The summed E-state index contributed by atoms with van der Waals surface area (Å²) in [5.41, 5.74) is 2.08. The zero-order valence-electron chi connectivity index (χ0n) is 18.6. The van der Waals surface area contributed by atoms with Crippen LogP contribution in [-0.2, 0) is 6.54 Å². The molecular formula is C22H32N6O3. The van der Waals surface area contributed by atoms with Crippen molar-refractivity contribution in [3.63, 3.8) is 0 Å². The SMILES string of the molecule is CCC(CO)Nc1nc(NCc2cccc(OC)c2O)c2ncn(C(CC)CC)c2n1. The van der Waals surface area contributed by atoms with Crippen molar-refractivity contribution in [3.05, 3.63) is 30.1 Å². The van der Waals surface area contributed by atoms with Gasteiger partial charge in [0.1, 0.15) is 0 Å². The Bertz CT molecular complexity index is 998. The number of aromatic hydroxyl groups is 1. The Kier molecular flexibility index (Phi) is 7.51. The highest BCUT2D eigenvalue weighted by Crippen LogP contribution is 2.31. The maximum atomic E-state index is 10.4. The Morgan fingerprint density at radius 3 is 2.55 bits per heavy atom. The van der Waals surface area contributed by atoms with E-state index in [4.69, 9.17) is 9.72 Å². The summed E-state index contributed by atoms with van der Waals surface area (Å²) in [6.07, 6.45) is 4.47. The first-order valence-corrected chi connectivity index (χ1v) is 10.8. The van der Waals surface area contributed by atoms with Gasteiger partial charge in [0, 0.05) is 18.2 Å². The summed E-state index contributed by atoms with van der Waals surface area (Å²) >= 11 is 0. The van der Waals surface area contributed by atoms with Crippen LogP contribution < -0.4 is 15.4 Å². The Labute approximate surface area is 182 Å². The highest BCUT2D eigenvalue weighted by molar-refractivity contribution is 5.84. The second kappa shape index (κ2) is 10.3. The number of para-hydroxylation sites is 1. The monoisotopic (exact) mass is 428 g/mol. The van der Waals surface area contributed by atoms with E-state index in [2.05, 4.69) is 39.0 Å². The highest BCUT2D eigenvalue weighted by atomic mass is 16.5. The normalized spacial score (nSPS) is 12.3. The van der Waals surface area contributed by atoms with Gasteiger partial charge in [-0.2, -0.15) is 9.97 Å². The first-order valence-electron chi connectivity index (χ1n) is 10.8. The second-order valence-electron chi connectivity index (χ2n) is 7.44. The van der Waals surface area contributed by atoms with Gasteiger partial charge in [0.2, 0.25) is 5.95 Å². The van der Waals surface area contributed by atoms with Crippen molar-refractivity contribution in [1.82, 2.24) is 19.5 Å². The van der Waals surface area contributed by atoms with Gasteiger partial charge in [-0.15, -0.1) is 0 Å². The molecule has 0 fully saturated rings. The number of ether oxygens (including phenoxy) is 1. The number of fused-ring (bicyclic) bond motifs is 1. The van der Waals surface area contributed by atoms with Crippen molar-refractivity contribution in [1.29, 1.82) is 0 Å². The molecule has 0 aliphatic rings. The van der Waals surface area contributed by atoms with E-state index < -0.39 is 0 Å². The number of aliphatic hydroxyl groups is 1. The molecular weight excluding hydrogens is 396 g/mol. The molecule has 3 rings (SSSR count). The van der Waals surface area contributed by atoms with Crippen molar-refractivity contribution in [2.45, 2.75) is 58.7 Å². The van der Waals surface area contributed by atoms with Crippen molar-refractivity contribution in [3.8, 4) is 11.5 Å². The van der Waals surface area contributed by atoms with Gasteiger partial charge in [0.15, 0.2) is 28.5 Å². The molecule has 0 spiro atoms. The summed E-state index contributed by atoms with van der Waals surface area (Å²) in [4.78, 5) is 13.9. The third-order valence-corrected chi connectivity index (χ3v) is 5.55. The van der Waals surface area contributed by atoms with E-state index in [0.717, 1.165) is 24.9 Å². The minimum atomic E-state index is -0.141. The lowest BCUT2D eigenvalue weighted by molar-refractivity contribution is 0.271. The average molecular weight is 429 g/mol. The molecule has 4 N–H and O–H groups in total. The van der Waals surface area contributed by atoms with E-state index in [1.54, 1.807) is 12.4 Å². The van der Waals surface area contributed by atoms with Gasteiger partial charge >= 0.3 is 0 Å². The van der Waals surface area contributed by atoms with Crippen molar-refractivity contribution < 1.29 is 14.9 Å². The molecule has 2 heterocycles. The maximum absolute atomic E-state index is 10.4. The van der Waals surface area contributed by atoms with Gasteiger partial charge in [-0.1, -0.05) is 32.9 Å². The van der Waals surface area contributed by atoms with Gasteiger partial charge in [0.25, 0.3) is 0 Å². The molecule has 9 heteroatoms. The van der Waals surface area contributed by atoms with E-state index in [1.807, 2.05) is 19.1 Å². The van der Waals surface area contributed by atoms with E-state index in [9.17, 15) is 10.2 Å². The summed E-state index contributed by atoms with van der Waals surface area (Å²) in [6.45, 7) is 6.60. The zero-order chi connectivity index (χ0) is 22.4. The summed E-state index contributed by atoms with van der Waals surface area (Å²) in [6, 6.07) is 5.50. The first-order chi connectivity index (χ1) is 15.1. The van der Waals surface area contributed by atoms with Gasteiger partial charge < -0.3 is 30.2 Å². The lowest BCUT2D eigenvalue weighted by atomic mass is 10.2. The molecule has 1 aromatic carbocycles. The Morgan fingerprint density at radius 2 is 1.90 bits per heavy atom. The molecule has 168 valence electrons. The number of hydrogen-bond acceptors (Lipinski definition) is 8. The lowest BCUT2D eigenvalue weighted by Crippen LogP contribution is -2.24. The molecule has 0 radical (unpaired) electrons. The first kappa shape index (κ1) is 22.6. The smallest absolute Gasteiger partial charge is 0.227 e. The van der Waals surface area contributed by atoms with Crippen LogP contribution in [0.15, 0.2) is 24.5 Å². The van der Waals surface area contributed by atoms with Crippen LogP contribution in [0.3, 0.4) is 0 Å². The third kappa shape index (κ3) is 4.82. The molecule has 1 unspecified atom stereocenters. The minimum Gasteiger partial charge on any atom is -0.504 e. The van der Waals surface area contributed by atoms with E-state index in [-0.39, 0.29) is 24.4 Å². The number of nitrogens with one attached hydrogen (secondary N) is 2. The molecule has 2 aromatic heterocycles. The Balaban J connectivity index is 2.00. The number of imidazole rings is 1. The predicted molar refractivity (Wildman–Crippen MR) is 122 cm³/mol. The number of benzene rings is 1. The molecule has 0 amide bonds. The van der Waals surface area contributed by atoms with Crippen LogP contribution in [0.25, 0.3) is 11.2 Å². The second-order valence-corrected chi connectivity index (χ2v) is 7.44. The highest BCUT2D eigenvalue weighted by Gasteiger charge is 2.19. The predicted octanol–water partition coefficient (Wildman–Crippen LogP) is 3.70. The molecule has 0 saturated carbocycles. The molecule has 0 aliphatic carbocycles. The fraction of sp³-hybridized carbons (Fsp3) is 0.500. The van der Waals surface area contributed by atoms with E-state index >= 15 is 0 Å². The van der Waals surface area contributed by atoms with Gasteiger partial charge in [0.05, 0.1) is 26.1 Å². The number of anilines is 2. The summed E-state index contributed by atoms with van der Waals surface area (Å²) in [7, 11) is 1.52.